The number of sulfonamides is 1. The molecule has 1 N–H and O–H groups in total. The average Bonchev–Trinajstić information content (AvgIpc) is 2.60. The van der Waals surface area contributed by atoms with E-state index in [0.29, 0.717) is 10.6 Å². The topological polar surface area (TPSA) is 66.5 Å². The van der Waals surface area contributed by atoms with Crippen LogP contribution in [-0.2, 0) is 21.4 Å². The summed E-state index contributed by atoms with van der Waals surface area (Å²) in [5, 5.41) is 2.97. The number of carbonyl (C=O) groups excluding carboxylic acids is 1. The van der Waals surface area contributed by atoms with Gasteiger partial charge in [0.05, 0.1) is 17.0 Å². The summed E-state index contributed by atoms with van der Waals surface area (Å²) in [5.74, 6) is -1.17. The molecule has 0 aromatic heterocycles. The van der Waals surface area contributed by atoms with E-state index in [9.17, 15) is 17.6 Å². The first-order valence-corrected chi connectivity index (χ1v) is 10.7. The number of amides is 1. The number of carbonyl (C=O) groups is 1. The second-order valence-corrected chi connectivity index (χ2v) is 8.56. The summed E-state index contributed by atoms with van der Waals surface area (Å²) in [6.07, 6.45) is 1.19. The van der Waals surface area contributed by atoms with E-state index in [0.717, 1.165) is 16.6 Å². The second kappa shape index (κ2) is 8.91. The van der Waals surface area contributed by atoms with Crippen LogP contribution in [0.15, 0.2) is 42.5 Å². The first-order valence-electron chi connectivity index (χ1n) is 8.10. The lowest BCUT2D eigenvalue weighted by Gasteiger charge is -2.30. The van der Waals surface area contributed by atoms with E-state index in [-0.39, 0.29) is 23.7 Å². The van der Waals surface area contributed by atoms with Crippen LogP contribution in [0.1, 0.15) is 18.9 Å². The lowest BCUT2D eigenvalue weighted by molar-refractivity contribution is -0.122. The molecule has 9 heteroatoms. The third-order valence-electron chi connectivity index (χ3n) is 3.90. The van der Waals surface area contributed by atoms with Crippen LogP contribution in [0.25, 0.3) is 0 Å². The number of rotatable bonds is 7. The van der Waals surface area contributed by atoms with E-state index in [1.165, 1.54) is 12.1 Å². The van der Waals surface area contributed by atoms with E-state index in [1.807, 2.05) is 0 Å². The third kappa shape index (κ3) is 5.34. The van der Waals surface area contributed by atoms with Crippen molar-refractivity contribution in [3.63, 3.8) is 0 Å². The molecule has 0 saturated heterocycles. The molecule has 0 radical (unpaired) electrons. The van der Waals surface area contributed by atoms with Crippen molar-refractivity contribution >= 4 is 44.8 Å². The molecule has 27 heavy (non-hydrogen) atoms. The minimum Gasteiger partial charge on any atom is -0.350 e. The smallest absolute Gasteiger partial charge is 0.244 e. The van der Waals surface area contributed by atoms with Gasteiger partial charge in [0.25, 0.3) is 0 Å². The fourth-order valence-electron chi connectivity index (χ4n) is 2.62. The van der Waals surface area contributed by atoms with Gasteiger partial charge in [-0.3, -0.25) is 9.10 Å². The molecule has 0 saturated carbocycles. The van der Waals surface area contributed by atoms with Gasteiger partial charge in [-0.15, -0.1) is 0 Å². The Kier molecular flexibility index (Phi) is 7.08. The zero-order chi connectivity index (χ0) is 20.2. The number of nitrogens with zero attached hydrogens (tertiary/aromatic N) is 1. The van der Waals surface area contributed by atoms with Gasteiger partial charge >= 0.3 is 0 Å². The average molecular weight is 433 g/mol. The highest BCUT2D eigenvalue weighted by atomic mass is 35.5. The lowest BCUT2D eigenvalue weighted by atomic mass is 10.1. The van der Waals surface area contributed by atoms with Crippen molar-refractivity contribution in [3.8, 4) is 0 Å². The maximum absolute atomic E-state index is 13.5. The van der Waals surface area contributed by atoms with Gasteiger partial charge in [0.15, 0.2) is 0 Å². The Hall–Kier alpha value is -1.83. The van der Waals surface area contributed by atoms with Gasteiger partial charge in [-0.2, -0.15) is 0 Å². The highest BCUT2D eigenvalue weighted by Gasteiger charge is 2.31. The highest BCUT2D eigenvalue weighted by Crippen LogP contribution is 2.27. The van der Waals surface area contributed by atoms with Crippen LogP contribution in [0.2, 0.25) is 10.0 Å². The van der Waals surface area contributed by atoms with E-state index < -0.39 is 27.8 Å². The van der Waals surface area contributed by atoms with Gasteiger partial charge in [-0.1, -0.05) is 48.3 Å². The first-order chi connectivity index (χ1) is 12.6. The predicted octanol–water partition coefficient (Wildman–Crippen LogP) is 3.99. The molecule has 2 aromatic carbocycles. The maximum atomic E-state index is 13.5. The molecule has 1 amide bonds. The summed E-state index contributed by atoms with van der Waals surface area (Å²) < 4.78 is 39.1. The monoisotopic (exact) mass is 432 g/mol. The van der Waals surface area contributed by atoms with E-state index in [2.05, 4.69) is 5.32 Å². The van der Waals surface area contributed by atoms with E-state index >= 15 is 0 Å². The van der Waals surface area contributed by atoms with Gasteiger partial charge in [-0.05, 0) is 36.2 Å². The number of hydrogen-bond acceptors (Lipinski definition) is 3. The van der Waals surface area contributed by atoms with Crippen molar-refractivity contribution in [2.45, 2.75) is 25.9 Å². The van der Waals surface area contributed by atoms with Crippen molar-refractivity contribution in [2.24, 2.45) is 0 Å². The number of nitrogens with one attached hydrogen (secondary N) is 1. The minimum atomic E-state index is -3.83. The van der Waals surface area contributed by atoms with Crippen LogP contribution in [0.5, 0.6) is 0 Å². The molecule has 0 aliphatic carbocycles. The van der Waals surface area contributed by atoms with Crippen LogP contribution >= 0.6 is 23.2 Å². The zero-order valence-corrected chi connectivity index (χ0v) is 17.1. The van der Waals surface area contributed by atoms with Crippen LogP contribution in [-0.4, -0.2) is 26.6 Å². The minimum absolute atomic E-state index is 0.114. The summed E-state index contributed by atoms with van der Waals surface area (Å²) >= 11 is 11.9. The molecule has 0 bridgehead atoms. The standard InChI is InChI=1S/C18H19Cl2FN2O3S/c1-3-17(18(24)22-11-12-6-4-5-7-14(12)19)23(27(2,25)26)13-8-9-16(21)15(20)10-13/h4-10,17H,3,11H2,1-2H3,(H,22,24)/t17-/m0/s1. The van der Waals surface area contributed by atoms with Gasteiger partial charge in [-0.25, -0.2) is 12.8 Å². The van der Waals surface area contributed by atoms with Crippen molar-refractivity contribution in [1.29, 1.82) is 0 Å². The first kappa shape index (κ1) is 21.5. The van der Waals surface area contributed by atoms with E-state index in [4.69, 9.17) is 23.2 Å². The van der Waals surface area contributed by atoms with Crippen LogP contribution in [0.3, 0.4) is 0 Å². The summed E-state index contributed by atoms with van der Waals surface area (Å²) in [7, 11) is -3.83. The molecule has 2 rings (SSSR count). The van der Waals surface area contributed by atoms with Gasteiger partial charge in [0, 0.05) is 11.6 Å². The molecule has 0 unspecified atom stereocenters. The Morgan fingerprint density at radius 3 is 2.41 bits per heavy atom. The quantitative estimate of drug-likeness (QED) is 0.718. The Morgan fingerprint density at radius 1 is 1.19 bits per heavy atom. The molecule has 2 aromatic rings. The molecular formula is C18H19Cl2FN2O3S. The Labute approximate surface area is 168 Å². The number of halogens is 3. The highest BCUT2D eigenvalue weighted by molar-refractivity contribution is 7.92. The van der Waals surface area contributed by atoms with Crippen molar-refractivity contribution in [2.75, 3.05) is 10.6 Å². The predicted molar refractivity (Wildman–Crippen MR) is 106 cm³/mol. The summed E-state index contributed by atoms with van der Waals surface area (Å²) in [5.41, 5.74) is 0.821. The van der Waals surface area contributed by atoms with Crippen molar-refractivity contribution in [3.05, 3.63) is 63.9 Å². The maximum Gasteiger partial charge on any atom is 0.244 e. The molecule has 146 valence electrons. The van der Waals surface area contributed by atoms with E-state index in [1.54, 1.807) is 31.2 Å². The molecule has 0 spiro atoms. The van der Waals surface area contributed by atoms with Crippen LogP contribution in [0, 0.1) is 5.82 Å². The van der Waals surface area contributed by atoms with Gasteiger partial charge in [0.2, 0.25) is 15.9 Å². The normalized spacial score (nSPS) is 12.5. The van der Waals surface area contributed by atoms with Gasteiger partial charge in [0.1, 0.15) is 11.9 Å². The molecule has 0 heterocycles. The van der Waals surface area contributed by atoms with Crippen molar-refractivity contribution < 1.29 is 17.6 Å². The molecule has 1 atom stereocenters. The largest absolute Gasteiger partial charge is 0.350 e. The number of benzene rings is 2. The molecular weight excluding hydrogens is 414 g/mol. The summed E-state index contributed by atoms with van der Waals surface area (Å²) in [6, 6.07) is 9.50. The molecule has 0 fully saturated rings. The third-order valence-corrected chi connectivity index (χ3v) is 5.74. The fourth-order valence-corrected chi connectivity index (χ4v) is 4.21. The lowest BCUT2D eigenvalue weighted by Crippen LogP contribution is -2.49. The molecule has 0 aliphatic rings. The Morgan fingerprint density at radius 2 is 1.85 bits per heavy atom. The van der Waals surface area contributed by atoms with Gasteiger partial charge < -0.3 is 5.32 Å². The Balaban J connectivity index is 2.30. The van der Waals surface area contributed by atoms with Crippen LogP contribution in [0.4, 0.5) is 10.1 Å². The summed E-state index contributed by atoms with van der Waals surface area (Å²) in [4.78, 5) is 12.7. The van der Waals surface area contributed by atoms with Crippen LogP contribution < -0.4 is 9.62 Å². The summed E-state index contributed by atoms with van der Waals surface area (Å²) in [6.45, 7) is 1.83. The SMILES string of the molecule is CC[C@@H](C(=O)NCc1ccccc1Cl)N(c1ccc(F)c(Cl)c1)S(C)(=O)=O. The molecule has 5 nitrogen and oxygen atoms in total. The van der Waals surface area contributed by atoms with Crippen molar-refractivity contribution in [1.82, 2.24) is 5.32 Å². The molecule has 0 aliphatic heterocycles. The second-order valence-electron chi connectivity index (χ2n) is 5.89. The zero-order valence-electron chi connectivity index (χ0n) is 14.7. The Bertz CT molecular complexity index is 938. The number of anilines is 1. The fraction of sp³-hybridized carbons (Fsp3) is 0.278. The number of hydrogen-bond donors (Lipinski definition) is 1.